The Bertz CT molecular complexity index is 1460. The van der Waals surface area contributed by atoms with Crippen molar-refractivity contribution in [2.75, 3.05) is 12.4 Å². The largest absolute Gasteiger partial charge is 0.465 e. The van der Waals surface area contributed by atoms with Crippen LogP contribution in [0.15, 0.2) is 96.4 Å². The van der Waals surface area contributed by atoms with E-state index in [9.17, 15) is 4.79 Å². The normalized spacial score (nSPS) is 10.7. The summed E-state index contributed by atoms with van der Waals surface area (Å²) in [5.74, 6) is -0.121. The van der Waals surface area contributed by atoms with Crippen LogP contribution in [0, 0.1) is 0 Å². The zero-order valence-corrected chi connectivity index (χ0v) is 20.5. The van der Waals surface area contributed by atoms with Crippen LogP contribution in [-0.2, 0) is 17.7 Å². The van der Waals surface area contributed by atoms with Crippen molar-refractivity contribution in [1.29, 1.82) is 0 Å². The summed E-state index contributed by atoms with van der Waals surface area (Å²) in [5.41, 5.74) is 5.45. The molecule has 36 heavy (non-hydrogen) atoms. The van der Waals surface area contributed by atoms with Crippen LogP contribution in [0.2, 0.25) is 0 Å². The minimum Gasteiger partial charge on any atom is -0.465 e. The molecule has 5 rings (SSSR count). The highest BCUT2D eigenvalue weighted by molar-refractivity contribution is 7.09. The van der Waals surface area contributed by atoms with Crippen molar-refractivity contribution in [3.63, 3.8) is 0 Å². The number of aromatic nitrogens is 3. The Morgan fingerprint density at radius 2 is 1.50 bits per heavy atom. The highest BCUT2D eigenvalue weighted by Gasteiger charge is 2.25. The molecule has 0 saturated carbocycles. The monoisotopic (exact) mass is 492 g/mol. The van der Waals surface area contributed by atoms with Gasteiger partial charge in [0.2, 0.25) is 0 Å². The summed E-state index contributed by atoms with van der Waals surface area (Å²) in [6.45, 7) is 0.406. The number of hydrogen-bond acceptors (Lipinski definition) is 7. The number of nitrogens with one attached hydrogen (secondary N) is 1. The van der Waals surface area contributed by atoms with Gasteiger partial charge in [-0.05, 0) is 11.1 Å². The van der Waals surface area contributed by atoms with E-state index in [0.717, 1.165) is 28.2 Å². The number of anilines is 1. The number of methoxy groups -OCH3 is 1. The van der Waals surface area contributed by atoms with E-state index in [1.54, 1.807) is 11.3 Å². The fraction of sp³-hybridized carbons (Fsp3) is 0.103. The van der Waals surface area contributed by atoms with Crippen LogP contribution in [0.4, 0.5) is 5.82 Å². The molecule has 0 aliphatic rings. The van der Waals surface area contributed by atoms with E-state index in [4.69, 9.17) is 9.72 Å². The summed E-state index contributed by atoms with van der Waals surface area (Å²) < 4.78 is 5.19. The molecule has 0 fully saturated rings. The smallest absolute Gasteiger partial charge is 0.342 e. The zero-order valence-electron chi connectivity index (χ0n) is 19.7. The molecule has 7 heteroatoms. The standard InChI is InChI=1S/C29H24N4O2S/c1-35-29(34)26-25(21-13-7-3-8-14-21)27(22-15-9-4-10-16-22)32-33-28(26)30-18-23-19-36-24(31-23)17-20-11-5-2-6-12-20/h2-16,19H,17-18H2,1H3,(H,30,33). The number of carbonyl (C=O) groups is 1. The molecular formula is C29H24N4O2S. The number of benzene rings is 3. The van der Waals surface area contributed by atoms with Gasteiger partial charge in [-0.1, -0.05) is 91.0 Å². The van der Waals surface area contributed by atoms with Gasteiger partial charge in [0.25, 0.3) is 0 Å². The lowest BCUT2D eigenvalue weighted by Gasteiger charge is -2.16. The van der Waals surface area contributed by atoms with Gasteiger partial charge in [-0.3, -0.25) is 0 Å². The van der Waals surface area contributed by atoms with E-state index < -0.39 is 5.97 Å². The highest BCUT2D eigenvalue weighted by Crippen LogP contribution is 2.36. The topological polar surface area (TPSA) is 77.0 Å². The molecule has 2 aromatic heterocycles. The maximum atomic E-state index is 13.1. The maximum absolute atomic E-state index is 13.1. The van der Waals surface area contributed by atoms with E-state index in [-0.39, 0.29) is 0 Å². The molecule has 0 radical (unpaired) electrons. The highest BCUT2D eigenvalue weighted by atomic mass is 32.1. The van der Waals surface area contributed by atoms with E-state index in [1.165, 1.54) is 12.7 Å². The molecule has 0 unspecified atom stereocenters. The van der Waals surface area contributed by atoms with Crippen LogP contribution >= 0.6 is 11.3 Å². The first-order chi connectivity index (χ1) is 17.7. The van der Waals surface area contributed by atoms with Crippen molar-refractivity contribution in [3.05, 3.63) is 118 Å². The minimum atomic E-state index is -0.480. The fourth-order valence-corrected chi connectivity index (χ4v) is 4.83. The van der Waals surface area contributed by atoms with Gasteiger partial charge in [0.05, 0.1) is 24.4 Å². The quantitative estimate of drug-likeness (QED) is 0.258. The molecule has 5 aromatic rings. The van der Waals surface area contributed by atoms with E-state index in [2.05, 4.69) is 27.6 Å². The third-order valence-corrected chi connectivity index (χ3v) is 6.60. The number of ether oxygens (including phenoxy) is 1. The second-order valence-corrected chi connectivity index (χ2v) is 9.06. The summed E-state index contributed by atoms with van der Waals surface area (Å²) in [5, 5.41) is 15.3. The van der Waals surface area contributed by atoms with Crippen molar-refractivity contribution in [1.82, 2.24) is 15.2 Å². The summed E-state index contributed by atoms with van der Waals surface area (Å²) >= 11 is 1.62. The lowest BCUT2D eigenvalue weighted by Crippen LogP contribution is -2.14. The Hall–Kier alpha value is -4.36. The first-order valence-corrected chi connectivity index (χ1v) is 12.4. The number of rotatable bonds is 8. The molecule has 0 amide bonds. The molecule has 6 nitrogen and oxygen atoms in total. The molecule has 3 aromatic carbocycles. The van der Waals surface area contributed by atoms with Crippen molar-refractivity contribution < 1.29 is 9.53 Å². The number of esters is 1. The van der Waals surface area contributed by atoms with Gasteiger partial charge in [-0.2, -0.15) is 0 Å². The van der Waals surface area contributed by atoms with E-state index in [0.29, 0.717) is 29.2 Å². The first-order valence-electron chi connectivity index (χ1n) is 11.5. The second-order valence-electron chi connectivity index (χ2n) is 8.12. The average Bonchev–Trinajstić information content (AvgIpc) is 3.39. The summed E-state index contributed by atoms with van der Waals surface area (Å²) in [4.78, 5) is 17.8. The molecule has 0 spiro atoms. The predicted molar refractivity (Wildman–Crippen MR) is 143 cm³/mol. The van der Waals surface area contributed by atoms with Gasteiger partial charge in [0.1, 0.15) is 11.3 Å². The number of thiazole rings is 1. The number of hydrogen-bond donors (Lipinski definition) is 1. The van der Waals surface area contributed by atoms with Crippen molar-refractivity contribution in [2.45, 2.75) is 13.0 Å². The SMILES string of the molecule is COC(=O)c1c(NCc2csc(Cc3ccccc3)n2)nnc(-c2ccccc2)c1-c1ccccc1. The second kappa shape index (κ2) is 10.9. The average molecular weight is 493 g/mol. The molecule has 0 aliphatic heterocycles. The van der Waals surface area contributed by atoms with Crippen molar-refractivity contribution in [2.24, 2.45) is 0 Å². The van der Waals surface area contributed by atoms with Crippen LogP contribution in [0.25, 0.3) is 22.4 Å². The van der Waals surface area contributed by atoms with Crippen LogP contribution in [0.5, 0.6) is 0 Å². The van der Waals surface area contributed by atoms with Crippen LogP contribution in [0.3, 0.4) is 0 Å². The van der Waals surface area contributed by atoms with E-state index in [1.807, 2.05) is 84.2 Å². The molecule has 0 aliphatic carbocycles. The molecule has 0 bridgehead atoms. The summed E-state index contributed by atoms with van der Waals surface area (Å²) in [6.07, 6.45) is 0.780. The fourth-order valence-electron chi connectivity index (χ4n) is 4.00. The third-order valence-electron chi connectivity index (χ3n) is 5.71. The molecule has 1 N–H and O–H groups in total. The molecular weight excluding hydrogens is 468 g/mol. The molecule has 0 saturated heterocycles. The Kier molecular flexibility index (Phi) is 7.10. The molecule has 0 atom stereocenters. The summed E-state index contributed by atoms with van der Waals surface area (Å²) in [6, 6.07) is 29.7. The molecule has 2 heterocycles. The molecule has 178 valence electrons. The first kappa shape index (κ1) is 23.4. The zero-order chi connectivity index (χ0) is 24.7. The maximum Gasteiger partial charge on any atom is 0.342 e. The van der Waals surface area contributed by atoms with Crippen LogP contribution in [0.1, 0.15) is 26.6 Å². The Balaban J connectivity index is 1.50. The third kappa shape index (κ3) is 5.16. The number of nitrogens with zero attached hydrogens (tertiary/aromatic N) is 3. The summed E-state index contributed by atoms with van der Waals surface area (Å²) in [7, 11) is 1.37. The lowest BCUT2D eigenvalue weighted by atomic mass is 9.95. The van der Waals surface area contributed by atoms with Gasteiger partial charge in [-0.15, -0.1) is 21.5 Å². The Morgan fingerprint density at radius 1 is 0.861 bits per heavy atom. The van der Waals surface area contributed by atoms with Gasteiger partial charge in [0.15, 0.2) is 5.82 Å². The van der Waals surface area contributed by atoms with Gasteiger partial charge in [0, 0.05) is 22.9 Å². The van der Waals surface area contributed by atoms with Gasteiger partial charge in [-0.25, -0.2) is 9.78 Å². The predicted octanol–water partition coefficient (Wildman–Crippen LogP) is 6.26. The minimum absolute atomic E-state index is 0.345. The van der Waals surface area contributed by atoms with Crippen LogP contribution < -0.4 is 5.32 Å². The van der Waals surface area contributed by atoms with E-state index >= 15 is 0 Å². The lowest BCUT2D eigenvalue weighted by molar-refractivity contribution is 0.0602. The Morgan fingerprint density at radius 3 is 2.17 bits per heavy atom. The van der Waals surface area contributed by atoms with Crippen molar-refractivity contribution >= 4 is 23.1 Å². The van der Waals surface area contributed by atoms with Gasteiger partial charge < -0.3 is 10.1 Å². The van der Waals surface area contributed by atoms with Crippen LogP contribution in [-0.4, -0.2) is 28.3 Å². The Labute approximate surface area is 213 Å². The number of carbonyl (C=O) groups excluding carboxylic acids is 1. The van der Waals surface area contributed by atoms with Gasteiger partial charge >= 0.3 is 5.97 Å². The van der Waals surface area contributed by atoms with Crippen molar-refractivity contribution in [3.8, 4) is 22.4 Å².